The topological polar surface area (TPSA) is 48.0 Å². The molecule has 29 heavy (non-hydrogen) atoms. The molecule has 158 valence electrons. The van der Waals surface area contributed by atoms with E-state index in [0.29, 0.717) is 17.8 Å². The molecule has 9 aliphatic rings. The smallest absolute Gasteiger partial charge is 0.303 e. The number of fused-ring (bicyclic) bond motifs is 4. The van der Waals surface area contributed by atoms with E-state index in [-0.39, 0.29) is 46.9 Å². The molecule has 0 aromatic heterocycles. The summed E-state index contributed by atoms with van der Waals surface area (Å²) in [4.78, 5) is 14.9. The number of hydrogen-bond donors (Lipinski definition) is 0. The number of esters is 1. The highest BCUT2D eigenvalue weighted by molar-refractivity contribution is 5.66. The summed E-state index contributed by atoms with van der Waals surface area (Å²) in [6.07, 6.45) is 8.49. The standard InChI is InChI=1S/C24H33NO4/c1-13-12-23-8-5-15(13)11-16(23)24-7-4-6-22(3)18(24)17(28-14(2)26)19(23)29-21(24)25-9-10-27-20(22)25/h15-21H,1,4-12H2,2-3H3/t15?,16?,17?,18?,19?,20?,21?,22-,23+,24+/m0/s1. The lowest BCUT2D eigenvalue weighted by atomic mass is 9.32. The van der Waals surface area contributed by atoms with E-state index in [1.807, 2.05) is 0 Å². The van der Waals surface area contributed by atoms with Gasteiger partial charge >= 0.3 is 5.97 Å². The highest BCUT2D eigenvalue weighted by atomic mass is 16.6. The molecule has 0 N–H and O–H groups in total. The van der Waals surface area contributed by atoms with Crippen molar-refractivity contribution >= 4 is 5.97 Å². The number of hydrogen-bond acceptors (Lipinski definition) is 5. The maximum absolute atomic E-state index is 12.3. The van der Waals surface area contributed by atoms with Crippen molar-refractivity contribution in [3.8, 4) is 0 Å². The van der Waals surface area contributed by atoms with Gasteiger partial charge in [-0.1, -0.05) is 25.5 Å². The van der Waals surface area contributed by atoms with Gasteiger partial charge in [0.15, 0.2) is 0 Å². The average Bonchev–Trinajstić information content (AvgIpc) is 3.17. The first kappa shape index (κ1) is 17.7. The zero-order valence-corrected chi connectivity index (χ0v) is 17.7. The van der Waals surface area contributed by atoms with Crippen molar-refractivity contribution in [3.05, 3.63) is 12.2 Å². The Morgan fingerprint density at radius 3 is 2.93 bits per heavy atom. The molecule has 0 aromatic rings. The van der Waals surface area contributed by atoms with Gasteiger partial charge in [0.25, 0.3) is 0 Å². The van der Waals surface area contributed by atoms with Crippen molar-refractivity contribution in [2.45, 2.75) is 83.5 Å². The van der Waals surface area contributed by atoms with E-state index in [1.165, 1.54) is 37.7 Å². The van der Waals surface area contributed by atoms with E-state index in [4.69, 9.17) is 14.2 Å². The number of nitrogens with zero attached hydrogens (tertiary/aromatic N) is 1. The van der Waals surface area contributed by atoms with Crippen molar-refractivity contribution in [3.63, 3.8) is 0 Å². The number of carbonyl (C=O) groups excluding carboxylic acids is 1. The third-order valence-corrected chi connectivity index (χ3v) is 10.6. The van der Waals surface area contributed by atoms with Gasteiger partial charge in [0, 0.05) is 35.6 Å². The quantitative estimate of drug-likeness (QED) is 0.499. The summed E-state index contributed by atoms with van der Waals surface area (Å²) in [5.74, 6) is 1.54. The third kappa shape index (κ3) is 1.77. The molecule has 9 rings (SSSR count). The van der Waals surface area contributed by atoms with Gasteiger partial charge in [0.2, 0.25) is 0 Å². The molecule has 4 heterocycles. The van der Waals surface area contributed by atoms with E-state index < -0.39 is 0 Å². The summed E-state index contributed by atoms with van der Waals surface area (Å²) in [6.45, 7) is 10.2. The Balaban J connectivity index is 1.47. The van der Waals surface area contributed by atoms with Crippen molar-refractivity contribution in [1.82, 2.24) is 4.90 Å². The Labute approximate surface area is 173 Å². The number of allylic oxidation sites excluding steroid dienone is 1. The zero-order chi connectivity index (χ0) is 19.8. The summed E-state index contributed by atoms with van der Waals surface area (Å²) in [5, 5.41) is 0. The first-order chi connectivity index (χ1) is 13.9. The van der Waals surface area contributed by atoms with Crippen molar-refractivity contribution in [2.75, 3.05) is 13.2 Å². The maximum Gasteiger partial charge on any atom is 0.303 e. The molecule has 0 aromatic carbocycles. The number of ether oxygens (including phenoxy) is 3. The molecule has 4 saturated heterocycles. The normalized spacial score (nSPS) is 59.4. The van der Waals surface area contributed by atoms with Gasteiger partial charge in [-0.05, 0) is 50.4 Å². The molecule has 7 unspecified atom stereocenters. The monoisotopic (exact) mass is 399 g/mol. The van der Waals surface area contributed by atoms with Gasteiger partial charge in [-0.3, -0.25) is 4.79 Å². The van der Waals surface area contributed by atoms with Crippen LogP contribution in [0.4, 0.5) is 0 Å². The van der Waals surface area contributed by atoms with Crippen LogP contribution in [0.25, 0.3) is 0 Å². The summed E-state index contributed by atoms with van der Waals surface area (Å²) in [7, 11) is 0. The second-order valence-electron chi connectivity index (χ2n) is 11.5. The van der Waals surface area contributed by atoms with Gasteiger partial charge in [-0.25, -0.2) is 4.90 Å². The molecule has 5 nitrogen and oxygen atoms in total. The minimum atomic E-state index is -0.160. The van der Waals surface area contributed by atoms with Crippen LogP contribution in [0.1, 0.15) is 58.8 Å². The lowest BCUT2D eigenvalue weighted by Gasteiger charge is -2.80. The predicted molar refractivity (Wildman–Crippen MR) is 106 cm³/mol. The molecular weight excluding hydrogens is 366 g/mol. The lowest BCUT2D eigenvalue weighted by Crippen LogP contribution is -2.85. The van der Waals surface area contributed by atoms with Crippen LogP contribution < -0.4 is 0 Å². The minimum absolute atomic E-state index is 0.00486. The molecule has 0 radical (unpaired) electrons. The molecule has 5 saturated carbocycles. The van der Waals surface area contributed by atoms with Crippen LogP contribution in [0.5, 0.6) is 0 Å². The Hall–Kier alpha value is -0.910. The second kappa shape index (κ2) is 5.28. The largest absolute Gasteiger partial charge is 0.459 e. The van der Waals surface area contributed by atoms with Gasteiger partial charge in [0.05, 0.1) is 6.61 Å². The van der Waals surface area contributed by atoms with Crippen LogP contribution in [-0.4, -0.2) is 48.7 Å². The molecule has 2 spiro atoms. The molecule has 5 aliphatic carbocycles. The molecule has 4 aliphatic heterocycles. The highest BCUT2D eigenvalue weighted by Crippen LogP contribution is 2.79. The van der Waals surface area contributed by atoms with E-state index >= 15 is 0 Å². The van der Waals surface area contributed by atoms with Crippen molar-refractivity contribution in [1.29, 1.82) is 0 Å². The first-order valence-corrected chi connectivity index (χ1v) is 11.8. The maximum atomic E-state index is 12.3. The molecular formula is C24H33NO4. The highest BCUT2D eigenvalue weighted by Gasteiger charge is 2.82. The summed E-state index contributed by atoms with van der Waals surface area (Å²) in [6, 6.07) is 0. The third-order valence-electron chi connectivity index (χ3n) is 10.6. The Morgan fingerprint density at radius 1 is 1.28 bits per heavy atom. The van der Waals surface area contributed by atoms with Gasteiger partial charge in [-0.15, -0.1) is 0 Å². The summed E-state index contributed by atoms with van der Waals surface area (Å²) >= 11 is 0. The zero-order valence-electron chi connectivity index (χ0n) is 17.7. The van der Waals surface area contributed by atoms with E-state index in [9.17, 15) is 4.79 Å². The SMILES string of the molecule is C=C1C[C@]23CCC1CC2[C@@]12CCC[C@]4(C)C5OCCN5C1OC3C(OC(C)=O)C42. The van der Waals surface area contributed by atoms with Crippen molar-refractivity contribution in [2.24, 2.45) is 34.0 Å². The molecule has 10 atom stereocenters. The lowest BCUT2D eigenvalue weighted by molar-refractivity contribution is -0.438. The van der Waals surface area contributed by atoms with Gasteiger partial charge < -0.3 is 14.2 Å². The van der Waals surface area contributed by atoms with E-state index in [0.717, 1.165) is 26.0 Å². The minimum Gasteiger partial charge on any atom is -0.459 e. The molecule has 5 heteroatoms. The predicted octanol–water partition coefficient (Wildman–Crippen LogP) is 3.48. The molecule has 0 amide bonds. The first-order valence-electron chi connectivity index (χ1n) is 11.8. The van der Waals surface area contributed by atoms with E-state index in [1.54, 1.807) is 6.92 Å². The Morgan fingerprint density at radius 2 is 2.14 bits per heavy atom. The Bertz CT molecular complexity index is 813. The van der Waals surface area contributed by atoms with Crippen molar-refractivity contribution < 1.29 is 19.0 Å². The number of carbonyl (C=O) groups is 1. The number of rotatable bonds is 1. The Kier molecular flexibility index (Phi) is 3.23. The molecule has 9 fully saturated rings. The average molecular weight is 400 g/mol. The van der Waals surface area contributed by atoms with Crippen LogP contribution in [0.15, 0.2) is 12.2 Å². The fraction of sp³-hybridized carbons (Fsp3) is 0.875. The van der Waals surface area contributed by atoms with Crippen LogP contribution >= 0.6 is 0 Å². The van der Waals surface area contributed by atoms with Crippen LogP contribution in [0.3, 0.4) is 0 Å². The van der Waals surface area contributed by atoms with Gasteiger partial charge in [-0.2, -0.15) is 0 Å². The van der Waals surface area contributed by atoms with E-state index in [2.05, 4.69) is 18.4 Å². The molecule has 7 bridgehead atoms. The fourth-order valence-corrected chi connectivity index (χ4v) is 10.1. The van der Waals surface area contributed by atoms with Crippen LogP contribution in [0.2, 0.25) is 0 Å². The fourth-order valence-electron chi connectivity index (χ4n) is 10.1. The van der Waals surface area contributed by atoms with Gasteiger partial charge in [0.1, 0.15) is 24.7 Å². The number of piperidine rings is 1. The second-order valence-corrected chi connectivity index (χ2v) is 11.5. The van der Waals surface area contributed by atoms with Crippen LogP contribution in [0, 0.1) is 34.0 Å². The van der Waals surface area contributed by atoms with Crippen LogP contribution in [-0.2, 0) is 19.0 Å². The summed E-state index contributed by atoms with van der Waals surface area (Å²) in [5.41, 5.74) is 1.66. The summed E-state index contributed by atoms with van der Waals surface area (Å²) < 4.78 is 19.6.